The summed E-state index contributed by atoms with van der Waals surface area (Å²) in [6.45, 7) is 3.89. The maximum atomic E-state index is 13.0. The number of nitrogens with two attached hydrogens (primary N) is 1. The van der Waals surface area contributed by atoms with Crippen LogP contribution in [0.1, 0.15) is 72.0 Å². The largest absolute Gasteiger partial charge is 0.485 e. The molecule has 0 radical (unpaired) electrons. The van der Waals surface area contributed by atoms with Crippen molar-refractivity contribution in [2.75, 3.05) is 6.61 Å². The smallest absolute Gasteiger partial charge is 0.358 e. The van der Waals surface area contributed by atoms with E-state index < -0.39 is 11.6 Å². The van der Waals surface area contributed by atoms with E-state index >= 15 is 0 Å². The number of nitrogens with zero attached hydrogens (tertiary/aromatic N) is 2. The van der Waals surface area contributed by atoms with Crippen LogP contribution < -0.4 is 10.5 Å². The van der Waals surface area contributed by atoms with Crippen molar-refractivity contribution >= 4 is 29.2 Å². The maximum Gasteiger partial charge on any atom is 0.358 e. The number of hydrogen-bond donors (Lipinski definition) is 1. The van der Waals surface area contributed by atoms with Crippen molar-refractivity contribution in [3.05, 3.63) is 75.2 Å². The number of halogens is 2. The number of hydrogen-bond acceptors (Lipinski definition) is 6. The third-order valence-electron chi connectivity index (χ3n) is 7.13. The first kappa shape index (κ1) is 24.0. The van der Waals surface area contributed by atoms with Crippen LogP contribution in [0.25, 0.3) is 11.3 Å². The number of carbonyl (C=O) groups excluding carboxylic acids is 1. The van der Waals surface area contributed by atoms with Crippen molar-refractivity contribution in [2.24, 2.45) is 5.73 Å². The Morgan fingerprint density at radius 1 is 1.14 bits per heavy atom. The molecule has 0 unspecified atom stereocenters. The van der Waals surface area contributed by atoms with Gasteiger partial charge in [-0.15, -0.1) is 0 Å². The van der Waals surface area contributed by atoms with Gasteiger partial charge < -0.3 is 15.2 Å². The van der Waals surface area contributed by atoms with Crippen LogP contribution in [0.3, 0.4) is 0 Å². The second-order valence-electron chi connectivity index (χ2n) is 9.17. The molecule has 1 aliphatic heterocycles. The summed E-state index contributed by atoms with van der Waals surface area (Å²) in [6, 6.07) is 13.1. The quantitative estimate of drug-likeness (QED) is 0.406. The normalized spacial score (nSPS) is 23.1. The average molecular weight is 512 g/mol. The van der Waals surface area contributed by atoms with E-state index in [1.165, 1.54) is 0 Å². The number of aromatic nitrogens is 2. The molecule has 1 fully saturated rings. The van der Waals surface area contributed by atoms with E-state index in [-0.39, 0.29) is 24.3 Å². The van der Waals surface area contributed by atoms with E-state index in [1.54, 1.807) is 19.1 Å². The molecule has 5 rings (SSSR count). The predicted molar refractivity (Wildman–Crippen MR) is 136 cm³/mol. The Hall–Kier alpha value is -2.67. The zero-order valence-corrected chi connectivity index (χ0v) is 21.2. The van der Waals surface area contributed by atoms with E-state index in [9.17, 15) is 4.79 Å². The lowest BCUT2D eigenvalue weighted by atomic mass is 9.73. The van der Waals surface area contributed by atoms with E-state index in [0.29, 0.717) is 32.7 Å². The first-order chi connectivity index (χ1) is 16.8. The second-order valence-corrected chi connectivity index (χ2v) is 9.96. The fraction of sp³-hybridized carbons (Fsp3) is 0.370. The van der Waals surface area contributed by atoms with Crippen molar-refractivity contribution in [1.29, 1.82) is 0 Å². The number of benzene rings is 2. The molecule has 1 spiro atoms. The van der Waals surface area contributed by atoms with E-state index in [2.05, 4.69) is 0 Å². The molecule has 6 nitrogen and oxygen atoms in total. The van der Waals surface area contributed by atoms with Gasteiger partial charge in [0.25, 0.3) is 0 Å². The highest BCUT2D eigenvalue weighted by atomic mass is 35.5. The molecule has 2 N–H and O–H groups in total. The van der Waals surface area contributed by atoms with Gasteiger partial charge in [-0.25, -0.2) is 9.78 Å². The average Bonchev–Trinajstić information content (AvgIpc) is 3.12. The van der Waals surface area contributed by atoms with E-state index in [4.69, 9.17) is 48.4 Å². The lowest BCUT2D eigenvalue weighted by Crippen LogP contribution is -2.45. The highest BCUT2D eigenvalue weighted by molar-refractivity contribution is 6.43. The molecule has 0 saturated heterocycles. The zero-order chi connectivity index (χ0) is 24.7. The summed E-state index contributed by atoms with van der Waals surface area (Å²) in [6.07, 6.45) is 3.08. The standard InChI is InChI=1S/C27H27Cl2N3O3/c1-3-34-26(33)24-23(31-15(2)22(32-24)18-8-6-9-19(28)21(18)29)16-11-13-27(14-12-16)25(30)17-7-4-5-10-20(17)35-27/h4-10,16,25H,3,11-14,30H2,1-2H3/t16?,25-,27?/m1/s1. The molecular weight excluding hydrogens is 485 g/mol. The number of aryl methyl sites for hydroxylation is 1. The summed E-state index contributed by atoms with van der Waals surface area (Å²) in [7, 11) is 0. The Labute approximate surface area is 214 Å². The van der Waals surface area contributed by atoms with Crippen LogP contribution in [0, 0.1) is 6.92 Å². The molecule has 1 aromatic heterocycles. The van der Waals surface area contributed by atoms with E-state index in [0.717, 1.165) is 37.0 Å². The fourth-order valence-electron chi connectivity index (χ4n) is 5.30. The molecule has 2 aliphatic rings. The van der Waals surface area contributed by atoms with Crippen LogP contribution in [-0.2, 0) is 4.74 Å². The maximum absolute atomic E-state index is 13.0. The molecule has 35 heavy (non-hydrogen) atoms. The summed E-state index contributed by atoms with van der Waals surface area (Å²) in [5.41, 5.74) is 9.98. The molecule has 8 heteroatoms. The summed E-state index contributed by atoms with van der Waals surface area (Å²) in [5, 5.41) is 0.791. The minimum atomic E-state index is -0.490. The minimum absolute atomic E-state index is 0.0367. The third-order valence-corrected chi connectivity index (χ3v) is 7.94. The fourth-order valence-corrected chi connectivity index (χ4v) is 5.69. The van der Waals surface area contributed by atoms with Crippen LogP contribution in [0.5, 0.6) is 5.75 Å². The van der Waals surface area contributed by atoms with Gasteiger partial charge in [0, 0.05) is 17.0 Å². The first-order valence-corrected chi connectivity index (χ1v) is 12.6. The molecule has 2 heterocycles. The zero-order valence-electron chi connectivity index (χ0n) is 19.7. The van der Waals surface area contributed by atoms with Crippen LogP contribution in [0.4, 0.5) is 0 Å². The van der Waals surface area contributed by atoms with Gasteiger partial charge in [-0.3, -0.25) is 4.98 Å². The minimum Gasteiger partial charge on any atom is -0.485 e. The number of rotatable bonds is 4. The number of para-hydroxylation sites is 1. The van der Waals surface area contributed by atoms with E-state index in [1.807, 2.05) is 37.3 Å². The van der Waals surface area contributed by atoms with Crippen molar-refractivity contribution in [3.8, 4) is 17.0 Å². The van der Waals surface area contributed by atoms with Crippen molar-refractivity contribution in [1.82, 2.24) is 9.97 Å². The molecule has 0 amide bonds. The highest BCUT2D eigenvalue weighted by Gasteiger charge is 2.49. The van der Waals surface area contributed by atoms with Gasteiger partial charge in [-0.05, 0) is 51.7 Å². The molecule has 182 valence electrons. The van der Waals surface area contributed by atoms with Crippen molar-refractivity contribution in [3.63, 3.8) is 0 Å². The van der Waals surface area contributed by atoms with Crippen molar-refractivity contribution in [2.45, 2.75) is 57.1 Å². The number of esters is 1. The van der Waals surface area contributed by atoms with Crippen LogP contribution in [0.2, 0.25) is 10.0 Å². The Bertz CT molecular complexity index is 1290. The Balaban J connectivity index is 1.48. The van der Waals surface area contributed by atoms with Gasteiger partial charge in [-0.2, -0.15) is 0 Å². The van der Waals surface area contributed by atoms with Crippen molar-refractivity contribution < 1.29 is 14.3 Å². The Morgan fingerprint density at radius 2 is 1.89 bits per heavy atom. The molecule has 1 atom stereocenters. The topological polar surface area (TPSA) is 87.3 Å². The Kier molecular flexibility index (Phi) is 6.47. The monoisotopic (exact) mass is 511 g/mol. The van der Waals surface area contributed by atoms with Gasteiger partial charge in [0.05, 0.1) is 39.8 Å². The summed E-state index contributed by atoms with van der Waals surface area (Å²) < 4.78 is 11.7. The van der Waals surface area contributed by atoms with Crippen LogP contribution in [0.15, 0.2) is 42.5 Å². The summed E-state index contributed by atoms with van der Waals surface area (Å²) in [5.74, 6) is 0.412. The van der Waals surface area contributed by atoms with Gasteiger partial charge in [0.2, 0.25) is 0 Å². The second kappa shape index (κ2) is 9.41. The molecule has 1 aliphatic carbocycles. The predicted octanol–water partition coefficient (Wildman–Crippen LogP) is 6.42. The molecule has 2 aromatic carbocycles. The molecule has 3 aromatic rings. The van der Waals surface area contributed by atoms with Crippen LogP contribution in [-0.4, -0.2) is 28.1 Å². The number of ether oxygens (including phenoxy) is 2. The van der Waals surface area contributed by atoms with Gasteiger partial charge in [0.1, 0.15) is 11.4 Å². The summed E-state index contributed by atoms with van der Waals surface area (Å²) in [4.78, 5) is 22.6. The SMILES string of the molecule is CCOC(=O)c1nc(-c2cccc(Cl)c2Cl)c(C)nc1C1CCC2(CC1)Oc1ccccc1[C@H]2N. The van der Waals surface area contributed by atoms with Gasteiger partial charge in [-0.1, -0.05) is 53.5 Å². The summed E-state index contributed by atoms with van der Waals surface area (Å²) >= 11 is 12.7. The van der Waals surface area contributed by atoms with Gasteiger partial charge in [0.15, 0.2) is 5.69 Å². The lowest BCUT2D eigenvalue weighted by Gasteiger charge is -2.39. The van der Waals surface area contributed by atoms with Crippen LogP contribution >= 0.6 is 23.2 Å². The molecule has 0 bridgehead atoms. The number of carbonyl (C=O) groups is 1. The molecular formula is C27H27Cl2N3O3. The number of fused-ring (bicyclic) bond motifs is 1. The highest BCUT2D eigenvalue weighted by Crippen LogP contribution is 2.51. The lowest BCUT2D eigenvalue weighted by molar-refractivity contribution is 0.0239. The third kappa shape index (κ3) is 4.18. The molecule has 1 saturated carbocycles. The first-order valence-electron chi connectivity index (χ1n) is 11.9. The van der Waals surface area contributed by atoms with Gasteiger partial charge >= 0.3 is 5.97 Å². The Morgan fingerprint density at radius 3 is 2.60 bits per heavy atom.